The zero-order chi connectivity index (χ0) is 8.81. The zero-order valence-electron chi connectivity index (χ0n) is 6.91. The van der Waals surface area contributed by atoms with Crippen LogP contribution in [0.25, 0.3) is 0 Å². The molecule has 1 rings (SSSR count). The number of rotatable bonds is 3. The lowest BCUT2D eigenvalue weighted by molar-refractivity contribution is 1.03. The molecule has 0 aliphatic carbocycles. The van der Waals surface area contributed by atoms with Crippen LogP contribution in [-0.4, -0.2) is 16.5 Å². The minimum Gasteiger partial charge on any atom is -0.368 e. The summed E-state index contributed by atoms with van der Waals surface area (Å²) in [5, 5.41) is 11.3. The van der Waals surface area contributed by atoms with Crippen molar-refractivity contribution in [1.29, 1.82) is 5.26 Å². The van der Waals surface area contributed by atoms with Gasteiger partial charge in [0.15, 0.2) is 0 Å². The van der Waals surface area contributed by atoms with Crippen molar-refractivity contribution in [2.45, 2.75) is 13.3 Å². The quantitative estimate of drug-likeness (QED) is 0.676. The molecule has 0 atom stereocenters. The molecule has 62 valence electrons. The molecule has 12 heavy (non-hydrogen) atoms. The predicted molar refractivity (Wildman–Crippen MR) is 45.5 cm³/mol. The summed E-state index contributed by atoms with van der Waals surface area (Å²) in [6.45, 7) is 2.50. The molecule has 1 aromatic heterocycles. The van der Waals surface area contributed by atoms with Crippen LogP contribution in [0.1, 0.15) is 12.1 Å². The average molecular weight is 162 g/mol. The van der Waals surface area contributed by atoms with E-state index in [-0.39, 0.29) is 0 Å². The Balaban J connectivity index is 2.48. The van der Waals surface area contributed by atoms with Gasteiger partial charge in [-0.1, -0.05) is 0 Å². The van der Waals surface area contributed by atoms with Gasteiger partial charge in [0.05, 0.1) is 24.4 Å². The molecule has 4 heteroatoms. The van der Waals surface area contributed by atoms with Gasteiger partial charge in [0.2, 0.25) is 0 Å². The fourth-order valence-electron chi connectivity index (χ4n) is 0.795. The largest absolute Gasteiger partial charge is 0.368 e. The van der Waals surface area contributed by atoms with E-state index >= 15 is 0 Å². The second-order valence-corrected chi connectivity index (χ2v) is 2.38. The van der Waals surface area contributed by atoms with E-state index in [1.165, 1.54) is 0 Å². The summed E-state index contributed by atoms with van der Waals surface area (Å²) in [6, 6.07) is 2.04. The van der Waals surface area contributed by atoms with Crippen LogP contribution in [0.2, 0.25) is 0 Å². The number of anilines is 1. The van der Waals surface area contributed by atoms with Gasteiger partial charge in [0.25, 0.3) is 0 Å². The van der Waals surface area contributed by atoms with Crippen LogP contribution < -0.4 is 5.32 Å². The molecular formula is C8H10N4. The van der Waals surface area contributed by atoms with E-state index in [0.717, 1.165) is 11.5 Å². The van der Waals surface area contributed by atoms with Crippen molar-refractivity contribution in [2.24, 2.45) is 0 Å². The van der Waals surface area contributed by atoms with Gasteiger partial charge in [-0.3, -0.25) is 4.98 Å². The molecule has 0 radical (unpaired) electrons. The van der Waals surface area contributed by atoms with Crippen LogP contribution in [0.4, 0.5) is 5.82 Å². The maximum Gasteiger partial charge on any atom is 0.144 e. The summed E-state index contributed by atoms with van der Waals surface area (Å²) >= 11 is 0. The molecule has 4 nitrogen and oxygen atoms in total. The zero-order valence-corrected chi connectivity index (χ0v) is 6.91. The van der Waals surface area contributed by atoms with Crippen molar-refractivity contribution in [3.05, 3.63) is 18.1 Å². The summed E-state index contributed by atoms with van der Waals surface area (Å²) < 4.78 is 0. The van der Waals surface area contributed by atoms with Gasteiger partial charge in [-0.25, -0.2) is 4.98 Å². The SMILES string of the molecule is Cc1cncc(NCCC#N)n1. The molecule has 0 aromatic carbocycles. The first-order valence-corrected chi connectivity index (χ1v) is 3.72. The lowest BCUT2D eigenvalue weighted by atomic mass is 10.4. The Morgan fingerprint density at radius 2 is 2.42 bits per heavy atom. The van der Waals surface area contributed by atoms with E-state index in [2.05, 4.69) is 15.3 Å². The summed E-state index contributed by atoms with van der Waals surface area (Å²) in [6.07, 6.45) is 3.81. The summed E-state index contributed by atoms with van der Waals surface area (Å²) in [7, 11) is 0. The summed E-state index contributed by atoms with van der Waals surface area (Å²) in [5.41, 5.74) is 0.872. The van der Waals surface area contributed by atoms with Gasteiger partial charge in [-0.05, 0) is 6.92 Å². The highest BCUT2D eigenvalue weighted by molar-refractivity contribution is 5.31. The Bertz CT molecular complexity index is 289. The van der Waals surface area contributed by atoms with Crippen LogP contribution in [-0.2, 0) is 0 Å². The number of aryl methyl sites for hydroxylation is 1. The maximum atomic E-state index is 8.27. The van der Waals surface area contributed by atoms with Crippen LogP contribution >= 0.6 is 0 Å². The maximum absolute atomic E-state index is 8.27. The molecule has 0 amide bonds. The topological polar surface area (TPSA) is 61.6 Å². The highest BCUT2D eigenvalue weighted by atomic mass is 15.0. The van der Waals surface area contributed by atoms with Crippen molar-refractivity contribution in [3.8, 4) is 6.07 Å². The minimum absolute atomic E-state index is 0.482. The van der Waals surface area contributed by atoms with Gasteiger partial charge in [-0.15, -0.1) is 0 Å². The van der Waals surface area contributed by atoms with E-state index in [1.54, 1.807) is 12.4 Å². The van der Waals surface area contributed by atoms with Crippen LogP contribution in [0, 0.1) is 18.3 Å². The highest BCUT2D eigenvalue weighted by Crippen LogP contribution is 1.99. The molecule has 1 heterocycles. The van der Waals surface area contributed by atoms with Gasteiger partial charge >= 0.3 is 0 Å². The highest BCUT2D eigenvalue weighted by Gasteiger charge is 1.92. The number of nitrogens with one attached hydrogen (secondary N) is 1. The van der Waals surface area contributed by atoms with Gasteiger partial charge in [-0.2, -0.15) is 5.26 Å². The first-order valence-electron chi connectivity index (χ1n) is 3.72. The van der Waals surface area contributed by atoms with Gasteiger partial charge in [0, 0.05) is 12.7 Å². The van der Waals surface area contributed by atoms with Crippen molar-refractivity contribution in [2.75, 3.05) is 11.9 Å². The molecule has 1 aromatic rings. The van der Waals surface area contributed by atoms with E-state index in [4.69, 9.17) is 5.26 Å². The third kappa shape index (κ3) is 2.54. The molecule has 0 aliphatic rings. The molecule has 0 unspecified atom stereocenters. The minimum atomic E-state index is 0.482. The molecule has 0 aliphatic heterocycles. The third-order valence-electron chi connectivity index (χ3n) is 1.30. The fourth-order valence-corrected chi connectivity index (χ4v) is 0.795. The second-order valence-electron chi connectivity index (χ2n) is 2.38. The molecule has 0 saturated heterocycles. The number of hydrogen-bond donors (Lipinski definition) is 1. The molecular weight excluding hydrogens is 152 g/mol. The van der Waals surface area contributed by atoms with Crippen molar-refractivity contribution in [1.82, 2.24) is 9.97 Å². The van der Waals surface area contributed by atoms with Crippen LogP contribution in [0.5, 0.6) is 0 Å². The Hall–Kier alpha value is -1.63. The smallest absolute Gasteiger partial charge is 0.144 e. The summed E-state index contributed by atoms with van der Waals surface area (Å²) in [4.78, 5) is 8.12. The molecule has 0 spiro atoms. The average Bonchev–Trinajstić information content (AvgIpc) is 2.05. The first kappa shape index (κ1) is 8.47. The van der Waals surface area contributed by atoms with E-state index in [0.29, 0.717) is 13.0 Å². The first-order chi connectivity index (χ1) is 5.83. The number of nitrogens with zero attached hydrogens (tertiary/aromatic N) is 3. The van der Waals surface area contributed by atoms with Gasteiger partial charge < -0.3 is 5.32 Å². The monoisotopic (exact) mass is 162 g/mol. The fraction of sp³-hybridized carbons (Fsp3) is 0.375. The van der Waals surface area contributed by atoms with E-state index in [1.807, 2.05) is 13.0 Å². The Morgan fingerprint density at radius 3 is 3.08 bits per heavy atom. The van der Waals surface area contributed by atoms with E-state index in [9.17, 15) is 0 Å². The molecule has 1 N–H and O–H groups in total. The van der Waals surface area contributed by atoms with Gasteiger partial charge in [0.1, 0.15) is 5.82 Å². The lowest BCUT2D eigenvalue weighted by Gasteiger charge is -2.01. The Morgan fingerprint density at radius 1 is 1.58 bits per heavy atom. The Labute approximate surface area is 71.3 Å². The normalized spacial score (nSPS) is 9.00. The predicted octanol–water partition coefficient (Wildman–Crippen LogP) is 1.11. The van der Waals surface area contributed by atoms with Crippen molar-refractivity contribution >= 4 is 5.82 Å². The van der Waals surface area contributed by atoms with Crippen molar-refractivity contribution < 1.29 is 0 Å². The molecule has 0 bridgehead atoms. The summed E-state index contributed by atoms with van der Waals surface area (Å²) in [5.74, 6) is 0.727. The number of hydrogen-bond acceptors (Lipinski definition) is 4. The number of aromatic nitrogens is 2. The van der Waals surface area contributed by atoms with E-state index < -0.39 is 0 Å². The van der Waals surface area contributed by atoms with Crippen LogP contribution in [0.15, 0.2) is 12.4 Å². The Kier molecular flexibility index (Phi) is 3.03. The molecule has 0 fully saturated rings. The van der Waals surface area contributed by atoms with Crippen molar-refractivity contribution in [3.63, 3.8) is 0 Å². The standard InChI is InChI=1S/C8H10N4/c1-7-5-10-6-8(12-7)11-4-2-3-9/h5-6H,2,4H2,1H3,(H,11,12). The second kappa shape index (κ2) is 4.29. The lowest BCUT2D eigenvalue weighted by Crippen LogP contribution is -2.03. The molecule has 0 saturated carbocycles. The number of nitriles is 1. The third-order valence-corrected chi connectivity index (χ3v) is 1.30. The van der Waals surface area contributed by atoms with Crippen LogP contribution in [0.3, 0.4) is 0 Å².